The zero-order chi connectivity index (χ0) is 18.5. The summed E-state index contributed by atoms with van der Waals surface area (Å²) in [6.07, 6.45) is -3.71. The van der Waals surface area contributed by atoms with E-state index in [0.29, 0.717) is 11.0 Å². The lowest BCUT2D eigenvalue weighted by Gasteiger charge is -2.04. The van der Waals surface area contributed by atoms with Crippen LogP contribution in [0, 0.1) is 0 Å². The highest BCUT2D eigenvalue weighted by Gasteiger charge is 2.43. The molecule has 1 aliphatic heterocycles. The van der Waals surface area contributed by atoms with E-state index in [1.165, 1.54) is 36.4 Å². The molecule has 26 heavy (non-hydrogen) atoms. The van der Waals surface area contributed by atoms with Gasteiger partial charge in [0.2, 0.25) is 11.9 Å². The van der Waals surface area contributed by atoms with E-state index in [1.54, 1.807) is 0 Å². The van der Waals surface area contributed by atoms with Crippen LogP contribution < -0.4 is 20.5 Å². The summed E-state index contributed by atoms with van der Waals surface area (Å²) < 4.78 is 34.8. The molecule has 8 nitrogen and oxygen atoms in total. The van der Waals surface area contributed by atoms with Gasteiger partial charge in [-0.15, -0.1) is 8.78 Å². The molecule has 10 heteroatoms. The maximum atomic E-state index is 13.1. The summed E-state index contributed by atoms with van der Waals surface area (Å²) in [7, 11) is 0. The molecule has 4 rings (SSSR count). The molecule has 0 fully saturated rings. The second kappa shape index (κ2) is 5.41. The first kappa shape index (κ1) is 15.8. The minimum Gasteiger partial charge on any atom is -0.395 e. The van der Waals surface area contributed by atoms with Crippen LogP contribution in [-0.4, -0.2) is 28.1 Å². The van der Waals surface area contributed by atoms with Crippen molar-refractivity contribution in [3.63, 3.8) is 0 Å². The number of anilines is 1. The number of benzene rings is 2. The van der Waals surface area contributed by atoms with E-state index in [2.05, 4.69) is 24.8 Å². The Morgan fingerprint density at radius 2 is 1.69 bits per heavy atom. The average molecular weight is 360 g/mol. The third kappa shape index (κ3) is 2.77. The van der Waals surface area contributed by atoms with Gasteiger partial charge < -0.3 is 20.2 Å². The van der Waals surface area contributed by atoms with Crippen molar-refractivity contribution < 1.29 is 27.8 Å². The maximum Gasteiger partial charge on any atom is 0.586 e. The quantitative estimate of drug-likeness (QED) is 0.662. The molecule has 132 valence electrons. The zero-order valence-corrected chi connectivity index (χ0v) is 12.9. The second-order valence-corrected chi connectivity index (χ2v) is 5.46. The summed E-state index contributed by atoms with van der Waals surface area (Å²) in [5, 5.41) is 2.54. The van der Waals surface area contributed by atoms with E-state index in [0.717, 1.165) is 0 Å². The molecule has 1 aliphatic rings. The number of rotatable bonds is 3. The summed E-state index contributed by atoms with van der Waals surface area (Å²) in [6, 6.07) is 8.31. The third-order valence-electron chi connectivity index (χ3n) is 3.67. The highest BCUT2D eigenvalue weighted by atomic mass is 19.3. The van der Waals surface area contributed by atoms with Crippen LogP contribution in [-0.2, 0) is 0 Å². The van der Waals surface area contributed by atoms with E-state index in [-0.39, 0.29) is 28.6 Å². The van der Waals surface area contributed by atoms with Gasteiger partial charge >= 0.3 is 6.29 Å². The lowest BCUT2D eigenvalue weighted by Crippen LogP contribution is -2.25. The van der Waals surface area contributed by atoms with Crippen LogP contribution in [0.1, 0.15) is 20.7 Å². The minimum atomic E-state index is -3.71. The lowest BCUT2D eigenvalue weighted by atomic mass is 10.1. The highest BCUT2D eigenvalue weighted by Crippen LogP contribution is 2.42. The van der Waals surface area contributed by atoms with Gasteiger partial charge in [-0.25, -0.2) is 4.98 Å². The monoisotopic (exact) mass is 360 g/mol. The Bertz CT molecular complexity index is 1000. The molecule has 2 amide bonds. The molecule has 0 saturated carbocycles. The molecule has 3 aromatic rings. The van der Waals surface area contributed by atoms with Crippen molar-refractivity contribution in [2.75, 3.05) is 5.32 Å². The van der Waals surface area contributed by atoms with Crippen LogP contribution in [0.3, 0.4) is 0 Å². The predicted octanol–water partition coefficient (Wildman–Crippen LogP) is 2.24. The summed E-state index contributed by atoms with van der Waals surface area (Å²) in [5.74, 6) is -1.25. The molecular weight excluding hydrogens is 350 g/mol. The molecule has 0 saturated heterocycles. The van der Waals surface area contributed by atoms with E-state index >= 15 is 0 Å². The Morgan fingerprint density at radius 3 is 2.35 bits per heavy atom. The van der Waals surface area contributed by atoms with E-state index < -0.39 is 18.1 Å². The van der Waals surface area contributed by atoms with Crippen LogP contribution in [0.15, 0.2) is 36.4 Å². The number of hydrogen-bond acceptors (Lipinski definition) is 5. The molecule has 2 heterocycles. The smallest absolute Gasteiger partial charge is 0.395 e. The molecule has 0 spiro atoms. The van der Waals surface area contributed by atoms with Crippen molar-refractivity contribution in [3.05, 3.63) is 47.5 Å². The van der Waals surface area contributed by atoms with Crippen LogP contribution in [0.25, 0.3) is 11.0 Å². The molecule has 0 radical (unpaired) electrons. The minimum absolute atomic E-state index is 0.111. The van der Waals surface area contributed by atoms with E-state index in [4.69, 9.17) is 5.73 Å². The van der Waals surface area contributed by atoms with Crippen molar-refractivity contribution in [1.82, 2.24) is 9.97 Å². The largest absolute Gasteiger partial charge is 0.586 e. The molecule has 0 unspecified atom stereocenters. The van der Waals surface area contributed by atoms with Crippen LogP contribution in [0.5, 0.6) is 11.5 Å². The molecule has 2 aromatic carbocycles. The van der Waals surface area contributed by atoms with Crippen LogP contribution in [0.4, 0.5) is 14.7 Å². The van der Waals surface area contributed by atoms with Crippen molar-refractivity contribution >= 4 is 28.8 Å². The maximum absolute atomic E-state index is 13.1. The lowest BCUT2D eigenvalue weighted by molar-refractivity contribution is -0.286. The number of fused-ring (bicyclic) bond motifs is 2. The van der Waals surface area contributed by atoms with Crippen molar-refractivity contribution in [2.45, 2.75) is 6.29 Å². The Morgan fingerprint density at radius 1 is 1.08 bits per heavy atom. The number of primary amides is 1. The molecule has 1 aromatic heterocycles. The fourth-order valence-corrected chi connectivity index (χ4v) is 2.48. The number of alkyl halides is 2. The van der Waals surface area contributed by atoms with Gasteiger partial charge in [0, 0.05) is 23.3 Å². The number of aromatic nitrogens is 2. The fraction of sp³-hybridized carbons (Fsp3) is 0.0625. The van der Waals surface area contributed by atoms with Crippen LogP contribution >= 0.6 is 0 Å². The van der Waals surface area contributed by atoms with Gasteiger partial charge in [-0.1, -0.05) is 0 Å². The Kier molecular flexibility index (Phi) is 3.29. The van der Waals surface area contributed by atoms with E-state index in [1.807, 2.05) is 0 Å². The molecule has 0 atom stereocenters. The number of hydrogen-bond donors (Lipinski definition) is 3. The first-order chi connectivity index (χ1) is 12.3. The number of amides is 2. The fourth-order valence-electron chi connectivity index (χ4n) is 2.48. The number of imidazole rings is 1. The number of ether oxygens (including phenoxy) is 2. The molecular formula is C16H10F2N4O4. The van der Waals surface area contributed by atoms with Gasteiger partial charge in [0.15, 0.2) is 11.5 Å². The number of nitrogens with one attached hydrogen (secondary N) is 2. The first-order valence-electron chi connectivity index (χ1n) is 7.31. The van der Waals surface area contributed by atoms with E-state index in [9.17, 15) is 18.4 Å². The van der Waals surface area contributed by atoms with Crippen LogP contribution in [0.2, 0.25) is 0 Å². The normalized spacial score (nSPS) is 14.4. The average Bonchev–Trinajstić information content (AvgIpc) is 3.09. The van der Waals surface area contributed by atoms with Gasteiger partial charge in [0.05, 0.1) is 11.0 Å². The summed E-state index contributed by atoms with van der Waals surface area (Å²) in [4.78, 5) is 30.2. The standard InChI is InChI=1S/C16H10F2N4O4/c17-16(18)25-11-5-9-10(6-12(11)26-16)21-15(20-9)22-14(24)8-3-1-7(2-4-8)13(19)23/h1-6H,(H2,19,23)(H2,20,21,22,24). The van der Waals surface area contributed by atoms with Crippen molar-refractivity contribution in [1.29, 1.82) is 0 Å². The third-order valence-corrected chi connectivity index (χ3v) is 3.67. The van der Waals surface area contributed by atoms with Gasteiger partial charge in [-0.05, 0) is 24.3 Å². The zero-order valence-electron chi connectivity index (χ0n) is 12.9. The summed E-state index contributed by atoms with van der Waals surface area (Å²) in [5.41, 5.74) is 6.39. The Balaban J connectivity index is 1.56. The molecule has 0 bridgehead atoms. The Hall–Kier alpha value is -3.69. The SMILES string of the molecule is NC(=O)c1ccc(C(=O)Nc2nc3cc4c(cc3[nH]2)OC(F)(F)O4)cc1. The second-order valence-electron chi connectivity index (χ2n) is 5.46. The number of carbonyl (C=O) groups excluding carboxylic acids is 2. The highest BCUT2D eigenvalue weighted by molar-refractivity contribution is 6.04. The first-order valence-corrected chi connectivity index (χ1v) is 7.31. The number of nitrogens with zero attached hydrogens (tertiary/aromatic N) is 1. The van der Waals surface area contributed by atoms with Gasteiger partial charge in [-0.2, -0.15) is 0 Å². The Labute approximate surface area is 143 Å². The van der Waals surface area contributed by atoms with Gasteiger partial charge in [-0.3, -0.25) is 14.9 Å². The topological polar surface area (TPSA) is 119 Å². The number of H-pyrrole nitrogens is 1. The predicted molar refractivity (Wildman–Crippen MR) is 85.2 cm³/mol. The number of nitrogens with two attached hydrogens (primary N) is 1. The van der Waals surface area contributed by atoms with Gasteiger partial charge in [0.1, 0.15) is 0 Å². The summed E-state index contributed by atoms with van der Waals surface area (Å²) >= 11 is 0. The number of halogens is 2. The van der Waals surface area contributed by atoms with Crippen molar-refractivity contribution in [3.8, 4) is 11.5 Å². The van der Waals surface area contributed by atoms with Gasteiger partial charge in [0.25, 0.3) is 5.91 Å². The molecule has 0 aliphatic carbocycles. The van der Waals surface area contributed by atoms with Crippen molar-refractivity contribution in [2.24, 2.45) is 5.73 Å². The summed E-state index contributed by atoms with van der Waals surface area (Å²) in [6.45, 7) is 0. The number of aromatic amines is 1. The molecule has 4 N–H and O–H groups in total. The number of carbonyl (C=O) groups is 2.